The van der Waals surface area contributed by atoms with Gasteiger partial charge in [0.05, 0.1) is 11.6 Å². The first kappa shape index (κ1) is 17.8. The summed E-state index contributed by atoms with van der Waals surface area (Å²) in [4.78, 5) is 18.1. The smallest absolute Gasteiger partial charge is 0.219 e. The maximum absolute atomic E-state index is 14.1. The van der Waals surface area contributed by atoms with E-state index >= 15 is 0 Å². The zero-order chi connectivity index (χ0) is 18.0. The molecular weight excluding hydrogens is 319 g/mol. The monoisotopic (exact) mass is 344 g/mol. The second kappa shape index (κ2) is 7.51. The Labute approximate surface area is 148 Å². The maximum atomic E-state index is 14.1. The van der Waals surface area contributed by atoms with Gasteiger partial charge >= 0.3 is 0 Å². The number of hydrogen-bond acceptors (Lipinski definition) is 4. The van der Waals surface area contributed by atoms with Gasteiger partial charge in [0.2, 0.25) is 5.91 Å². The SMILES string of the molecule is CC(=O)N1CCN([C@H]2CN(Cc3ccc(C#N)cc3F)C[C@H]2C)CC1. The fourth-order valence-electron chi connectivity index (χ4n) is 4.01. The lowest BCUT2D eigenvalue weighted by Gasteiger charge is -2.39. The molecule has 0 bridgehead atoms. The van der Waals surface area contributed by atoms with Crippen molar-refractivity contribution in [3.05, 3.63) is 35.1 Å². The summed E-state index contributed by atoms with van der Waals surface area (Å²) in [5.41, 5.74) is 1.01. The Bertz CT molecular complexity index is 678. The van der Waals surface area contributed by atoms with E-state index in [1.807, 2.05) is 11.0 Å². The molecule has 0 aromatic heterocycles. The van der Waals surface area contributed by atoms with Crippen LogP contribution in [0.2, 0.25) is 0 Å². The molecule has 1 aromatic rings. The Kier molecular flexibility index (Phi) is 5.36. The standard InChI is InChI=1S/C19H25FN4O/c1-14-11-22(12-17-4-3-16(10-21)9-18(17)20)13-19(14)24-7-5-23(6-8-24)15(2)25/h3-4,9,14,19H,5-8,11-13H2,1-2H3/t14-,19+/m1/s1. The molecule has 0 saturated carbocycles. The highest BCUT2D eigenvalue weighted by Crippen LogP contribution is 2.25. The molecule has 0 aliphatic carbocycles. The Balaban J connectivity index is 1.59. The van der Waals surface area contributed by atoms with E-state index in [0.717, 1.165) is 39.3 Å². The van der Waals surface area contributed by atoms with E-state index in [9.17, 15) is 9.18 Å². The summed E-state index contributed by atoms with van der Waals surface area (Å²) >= 11 is 0. The van der Waals surface area contributed by atoms with Gasteiger partial charge in [-0.2, -0.15) is 5.26 Å². The van der Waals surface area contributed by atoms with Crippen LogP contribution in [0.15, 0.2) is 18.2 Å². The molecule has 0 unspecified atom stereocenters. The van der Waals surface area contributed by atoms with Gasteiger partial charge in [-0.25, -0.2) is 4.39 Å². The number of nitriles is 1. The van der Waals surface area contributed by atoms with Gasteiger partial charge in [0.15, 0.2) is 0 Å². The fraction of sp³-hybridized carbons (Fsp3) is 0.579. The van der Waals surface area contributed by atoms with Gasteiger partial charge in [0.25, 0.3) is 0 Å². The second-order valence-electron chi connectivity index (χ2n) is 7.20. The van der Waals surface area contributed by atoms with Crippen LogP contribution >= 0.6 is 0 Å². The number of piperazine rings is 1. The number of amides is 1. The van der Waals surface area contributed by atoms with Crippen molar-refractivity contribution in [2.45, 2.75) is 26.4 Å². The third kappa shape index (κ3) is 4.00. The van der Waals surface area contributed by atoms with Crippen LogP contribution in [0.25, 0.3) is 0 Å². The van der Waals surface area contributed by atoms with Crippen LogP contribution in [-0.2, 0) is 11.3 Å². The van der Waals surface area contributed by atoms with E-state index in [0.29, 0.717) is 29.6 Å². The average Bonchev–Trinajstić information content (AvgIpc) is 2.97. The Morgan fingerprint density at radius 1 is 1.28 bits per heavy atom. The maximum Gasteiger partial charge on any atom is 0.219 e. The molecule has 134 valence electrons. The van der Waals surface area contributed by atoms with Crippen LogP contribution in [0.4, 0.5) is 4.39 Å². The predicted octanol–water partition coefficient (Wildman–Crippen LogP) is 1.68. The molecule has 2 aliphatic heterocycles. The van der Waals surface area contributed by atoms with Crippen molar-refractivity contribution < 1.29 is 9.18 Å². The first-order valence-corrected chi connectivity index (χ1v) is 8.88. The van der Waals surface area contributed by atoms with Crippen molar-refractivity contribution >= 4 is 5.91 Å². The summed E-state index contributed by atoms with van der Waals surface area (Å²) in [5.74, 6) is 0.368. The number of halogens is 1. The molecule has 3 rings (SSSR count). The van der Waals surface area contributed by atoms with Crippen molar-refractivity contribution in [3.63, 3.8) is 0 Å². The van der Waals surface area contributed by atoms with Crippen LogP contribution in [0.5, 0.6) is 0 Å². The van der Waals surface area contributed by atoms with Gasteiger partial charge in [0, 0.05) is 64.3 Å². The number of nitrogens with zero attached hydrogens (tertiary/aromatic N) is 4. The highest BCUT2D eigenvalue weighted by molar-refractivity contribution is 5.73. The molecule has 1 aromatic carbocycles. The number of hydrogen-bond donors (Lipinski definition) is 0. The third-order valence-electron chi connectivity index (χ3n) is 5.45. The second-order valence-corrected chi connectivity index (χ2v) is 7.20. The number of rotatable bonds is 3. The molecule has 2 saturated heterocycles. The highest BCUT2D eigenvalue weighted by Gasteiger charge is 2.35. The van der Waals surface area contributed by atoms with Gasteiger partial charge in [-0.05, 0) is 18.1 Å². The fourth-order valence-corrected chi connectivity index (χ4v) is 4.01. The van der Waals surface area contributed by atoms with Crippen LogP contribution in [0.1, 0.15) is 25.0 Å². The molecule has 5 nitrogen and oxygen atoms in total. The molecular formula is C19H25FN4O. The van der Waals surface area contributed by atoms with Gasteiger partial charge < -0.3 is 4.90 Å². The van der Waals surface area contributed by atoms with Crippen molar-refractivity contribution in [1.82, 2.24) is 14.7 Å². The van der Waals surface area contributed by atoms with Crippen molar-refractivity contribution in [3.8, 4) is 6.07 Å². The first-order valence-electron chi connectivity index (χ1n) is 8.88. The first-order chi connectivity index (χ1) is 12.0. The van der Waals surface area contributed by atoms with E-state index in [1.54, 1.807) is 19.1 Å². The van der Waals surface area contributed by atoms with E-state index in [1.165, 1.54) is 6.07 Å². The molecule has 25 heavy (non-hydrogen) atoms. The quantitative estimate of drug-likeness (QED) is 0.837. The molecule has 2 atom stereocenters. The number of carbonyl (C=O) groups excluding carboxylic acids is 1. The number of likely N-dealkylation sites (tertiary alicyclic amines) is 1. The van der Waals surface area contributed by atoms with Gasteiger partial charge in [0.1, 0.15) is 5.82 Å². The van der Waals surface area contributed by atoms with Gasteiger partial charge in [-0.15, -0.1) is 0 Å². The lowest BCUT2D eigenvalue weighted by atomic mass is 10.0. The molecule has 2 fully saturated rings. The van der Waals surface area contributed by atoms with Crippen LogP contribution in [0.3, 0.4) is 0 Å². The largest absolute Gasteiger partial charge is 0.340 e. The van der Waals surface area contributed by atoms with Gasteiger partial charge in [-0.1, -0.05) is 13.0 Å². The molecule has 1 amide bonds. The minimum absolute atomic E-state index is 0.150. The summed E-state index contributed by atoms with van der Waals surface area (Å²) in [5, 5.41) is 8.85. The Morgan fingerprint density at radius 2 is 2.00 bits per heavy atom. The van der Waals surface area contributed by atoms with Crippen molar-refractivity contribution in [1.29, 1.82) is 5.26 Å². The normalized spacial score (nSPS) is 25.1. The highest BCUT2D eigenvalue weighted by atomic mass is 19.1. The lowest BCUT2D eigenvalue weighted by Crippen LogP contribution is -2.53. The summed E-state index contributed by atoms with van der Waals surface area (Å²) in [7, 11) is 0. The number of carbonyl (C=O) groups is 1. The Hall–Kier alpha value is -1.97. The zero-order valence-corrected chi connectivity index (χ0v) is 14.9. The summed E-state index contributed by atoms with van der Waals surface area (Å²) in [6, 6.07) is 7.13. The molecule has 2 aliphatic rings. The summed E-state index contributed by atoms with van der Waals surface area (Å²) in [6.07, 6.45) is 0. The van der Waals surface area contributed by atoms with Gasteiger partial charge in [-0.3, -0.25) is 14.6 Å². The van der Waals surface area contributed by atoms with Crippen LogP contribution in [-0.4, -0.2) is 65.9 Å². The minimum atomic E-state index is -0.301. The van der Waals surface area contributed by atoms with E-state index in [2.05, 4.69) is 16.7 Å². The third-order valence-corrected chi connectivity index (χ3v) is 5.45. The molecule has 0 radical (unpaired) electrons. The van der Waals surface area contributed by atoms with Crippen molar-refractivity contribution in [2.75, 3.05) is 39.3 Å². The Morgan fingerprint density at radius 3 is 2.60 bits per heavy atom. The van der Waals surface area contributed by atoms with Crippen LogP contribution in [0, 0.1) is 23.1 Å². The van der Waals surface area contributed by atoms with Crippen LogP contribution < -0.4 is 0 Å². The molecule has 6 heteroatoms. The molecule has 0 spiro atoms. The lowest BCUT2D eigenvalue weighted by molar-refractivity contribution is -0.130. The molecule has 2 heterocycles. The summed E-state index contributed by atoms with van der Waals surface area (Å²) in [6.45, 7) is 9.72. The average molecular weight is 344 g/mol. The van der Waals surface area contributed by atoms with E-state index in [-0.39, 0.29) is 11.7 Å². The predicted molar refractivity (Wildman–Crippen MR) is 93.2 cm³/mol. The zero-order valence-electron chi connectivity index (χ0n) is 14.9. The topological polar surface area (TPSA) is 50.6 Å². The number of benzene rings is 1. The van der Waals surface area contributed by atoms with E-state index in [4.69, 9.17) is 5.26 Å². The summed E-state index contributed by atoms with van der Waals surface area (Å²) < 4.78 is 14.1. The van der Waals surface area contributed by atoms with Crippen molar-refractivity contribution in [2.24, 2.45) is 5.92 Å². The molecule has 0 N–H and O–H groups in total. The van der Waals surface area contributed by atoms with E-state index < -0.39 is 0 Å². The minimum Gasteiger partial charge on any atom is -0.340 e.